The fourth-order valence-corrected chi connectivity index (χ4v) is 3.88. The number of morpholine rings is 1. The highest BCUT2D eigenvalue weighted by atomic mass is 35.5. The molecule has 4 aromatic rings. The number of rotatable bonds is 7. The number of benzene rings is 3. The van der Waals surface area contributed by atoms with Crippen molar-refractivity contribution in [2.24, 2.45) is 0 Å². The fraction of sp³-hybridized carbons (Fsp3) is 0.143. The zero-order valence-electron chi connectivity index (χ0n) is 20.8. The van der Waals surface area contributed by atoms with E-state index in [0.717, 1.165) is 11.3 Å². The van der Waals surface area contributed by atoms with E-state index in [1.807, 2.05) is 36.4 Å². The second-order valence-electron chi connectivity index (χ2n) is 8.59. The maximum atomic E-state index is 13.1. The van der Waals surface area contributed by atoms with Crippen LogP contribution in [0.3, 0.4) is 0 Å². The van der Waals surface area contributed by atoms with Gasteiger partial charge in [-0.15, -0.1) is 0 Å². The number of hydrogen-bond acceptors (Lipinski definition) is 7. The highest BCUT2D eigenvalue weighted by Crippen LogP contribution is 2.20. The predicted octanol–water partition coefficient (Wildman–Crippen LogP) is 6.06. The summed E-state index contributed by atoms with van der Waals surface area (Å²) in [6.07, 6.45) is 3.74. The second-order valence-corrected chi connectivity index (χ2v) is 9.03. The molecule has 1 fully saturated rings. The van der Waals surface area contributed by atoms with Crippen molar-refractivity contribution in [2.75, 3.05) is 47.2 Å². The van der Waals surface area contributed by atoms with Crippen LogP contribution in [0.15, 0.2) is 72.8 Å². The molecule has 5 rings (SSSR count). The first kappa shape index (κ1) is 26.1. The molecule has 0 bridgehead atoms. The van der Waals surface area contributed by atoms with Gasteiger partial charge >= 0.3 is 6.03 Å². The molecule has 1 aliphatic rings. The maximum Gasteiger partial charge on any atom is 0.323 e. The molecule has 0 atom stereocenters. The average molecular weight is 546 g/mol. The normalized spacial score (nSPS) is 13.3. The Morgan fingerprint density at radius 2 is 1.44 bits per heavy atom. The van der Waals surface area contributed by atoms with Gasteiger partial charge in [-0.2, -0.15) is 15.0 Å². The quantitative estimate of drug-likeness (QED) is 0.259. The van der Waals surface area contributed by atoms with Crippen LogP contribution in [-0.2, 0) is 4.74 Å². The maximum absolute atomic E-state index is 13.1. The first-order valence-corrected chi connectivity index (χ1v) is 12.6. The average Bonchev–Trinajstić information content (AvgIpc) is 2.95. The van der Waals surface area contributed by atoms with Gasteiger partial charge in [-0.3, -0.25) is 0 Å². The summed E-state index contributed by atoms with van der Waals surface area (Å²) < 4.78 is 18.5. The zero-order valence-corrected chi connectivity index (χ0v) is 21.5. The summed E-state index contributed by atoms with van der Waals surface area (Å²) in [5.74, 6) is 1.07. The molecule has 0 spiro atoms. The molecule has 1 aliphatic heterocycles. The topological polar surface area (TPSA) is 104 Å². The second kappa shape index (κ2) is 12.3. The molecule has 1 saturated heterocycles. The molecule has 39 heavy (non-hydrogen) atoms. The largest absolute Gasteiger partial charge is 0.378 e. The highest BCUT2D eigenvalue weighted by molar-refractivity contribution is 6.30. The Morgan fingerprint density at radius 1 is 0.821 bits per heavy atom. The van der Waals surface area contributed by atoms with Gasteiger partial charge in [0.25, 0.3) is 0 Å². The summed E-state index contributed by atoms with van der Waals surface area (Å²) in [5, 5.41) is 9.29. The molecule has 11 heteroatoms. The third-order valence-corrected chi connectivity index (χ3v) is 5.98. The number of halogens is 2. The molecule has 0 saturated carbocycles. The Kier molecular flexibility index (Phi) is 8.25. The number of nitrogens with zero attached hydrogens (tertiary/aromatic N) is 4. The molecular formula is C28H25ClFN7O2. The van der Waals surface area contributed by atoms with Gasteiger partial charge in [0.2, 0.25) is 11.9 Å². The highest BCUT2D eigenvalue weighted by Gasteiger charge is 2.16. The van der Waals surface area contributed by atoms with Gasteiger partial charge in [0.05, 0.1) is 13.2 Å². The summed E-state index contributed by atoms with van der Waals surface area (Å²) in [7, 11) is 0. The zero-order chi connectivity index (χ0) is 27.0. The van der Waals surface area contributed by atoms with Crippen LogP contribution in [0, 0.1) is 5.82 Å². The molecule has 0 aliphatic carbocycles. The van der Waals surface area contributed by atoms with Crippen LogP contribution in [-0.4, -0.2) is 47.3 Å². The first-order chi connectivity index (χ1) is 19.0. The van der Waals surface area contributed by atoms with Gasteiger partial charge in [0, 0.05) is 35.2 Å². The minimum absolute atomic E-state index is 0.371. The minimum Gasteiger partial charge on any atom is -0.378 e. The number of carbonyl (C=O) groups is 1. The van der Waals surface area contributed by atoms with E-state index in [1.165, 1.54) is 24.3 Å². The third-order valence-electron chi connectivity index (χ3n) is 5.73. The number of ether oxygens (including phenoxy) is 1. The number of urea groups is 1. The van der Waals surface area contributed by atoms with Crippen LogP contribution in [0.5, 0.6) is 0 Å². The Balaban J connectivity index is 1.29. The van der Waals surface area contributed by atoms with Crippen LogP contribution in [0.2, 0.25) is 5.02 Å². The van der Waals surface area contributed by atoms with Crippen LogP contribution >= 0.6 is 11.6 Å². The molecule has 2 heterocycles. The third kappa shape index (κ3) is 7.50. The molecule has 3 N–H and O–H groups in total. The lowest BCUT2D eigenvalue weighted by atomic mass is 10.2. The van der Waals surface area contributed by atoms with E-state index in [4.69, 9.17) is 16.3 Å². The summed E-state index contributed by atoms with van der Waals surface area (Å²) in [4.78, 5) is 28.2. The molecule has 2 amide bonds. The number of carbonyl (C=O) groups excluding carboxylic acids is 1. The van der Waals surface area contributed by atoms with E-state index in [0.29, 0.717) is 60.4 Å². The summed E-state index contributed by atoms with van der Waals surface area (Å²) in [6.45, 7) is 2.58. The lowest BCUT2D eigenvalue weighted by molar-refractivity contribution is 0.122. The van der Waals surface area contributed by atoms with E-state index in [9.17, 15) is 9.18 Å². The van der Waals surface area contributed by atoms with Gasteiger partial charge in [-0.25, -0.2) is 9.18 Å². The van der Waals surface area contributed by atoms with Crippen LogP contribution in [0.4, 0.5) is 38.1 Å². The van der Waals surface area contributed by atoms with Crippen molar-refractivity contribution < 1.29 is 13.9 Å². The monoisotopic (exact) mass is 545 g/mol. The van der Waals surface area contributed by atoms with E-state index < -0.39 is 6.03 Å². The van der Waals surface area contributed by atoms with Crippen molar-refractivity contribution in [3.05, 3.63) is 95.0 Å². The lowest BCUT2D eigenvalue weighted by Crippen LogP contribution is -2.37. The van der Waals surface area contributed by atoms with Crippen molar-refractivity contribution in [3.8, 4) is 0 Å². The predicted molar refractivity (Wildman–Crippen MR) is 152 cm³/mol. The van der Waals surface area contributed by atoms with Crippen molar-refractivity contribution in [2.45, 2.75) is 0 Å². The fourth-order valence-electron chi connectivity index (χ4n) is 3.75. The Bertz CT molecular complexity index is 1440. The van der Waals surface area contributed by atoms with Crippen molar-refractivity contribution in [3.63, 3.8) is 0 Å². The van der Waals surface area contributed by atoms with E-state index in [1.54, 1.807) is 24.3 Å². The summed E-state index contributed by atoms with van der Waals surface area (Å²) in [5.41, 5.74) is 2.76. The Labute approximate surface area is 229 Å². The molecule has 9 nitrogen and oxygen atoms in total. The Hall–Kier alpha value is -4.54. The molecule has 1 aromatic heterocycles. The van der Waals surface area contributed by atoms with E-state index in [2.05, 4.69) is 35.8 Å². The van der Waals surface area contributed by atoms with Crippen LogP contribution in [0.1, 0.15) is 11.4 Å². The molecule has 3 aromatic carbocycles. The number of anilines is 5. The number of aromatic nitrogens is 3. The van der Waals surface area contributed by atoms with Gasteiger partial charge < -0.3 is 25.6 Å². The Morgan fingerprint density at radius 3 is 2.10 bits per heavy atom. The molecule has 198 valence electrons. The van der Waals surface area contributed by atoms with Gasteiger partial charge in [-0.05, 0) is 72.3 Å². The smallest absolute Gasteiger partial charge is 0.323 e. The van der Waals surface area contributed by atoms with E-state index in [-0.39, 0.29) is 5.82 Å². The molecule has 0 unspecified atom stereocenters. The lowest BCUT2D eigenvalue weighted by Gasteiger charge is -2.27. The van der Waals surface area contributed by atoms with Crippen molar-refractivity contribution >= 4 is 58.7 Å². The number of amides is 2. The standard InChI is InChI=1S/C28H25ClFN7O2/c29-20-4-1-19(2-5-20)3-14-25-34-26(36-27(35-25)37-15-17-39-18-16-37)31-22-10-12-24(13-11-22)33-28(38)32-23-8-6-21(30)7-9-23/h1-14H,15-18H2,(H2,32,33,38)(H,31,34,35,36)/b14-3+. The molecular weight excluding hydrogens is 521 g/mol. The summed E-state index contributed by atoms with van der Waals surface area (Å²) >= 11 is 5.99. The van der Waals surface area contributed by atoms with Crippen molar-refractivity contribution in [1.29, 1.82) is 0 Å². The SMILES string of the molecule is O=C(Nc1ccc(F)cc1)Nc1ccc(Nc2nc(/C=C/c3ccc(Cl)cc3)nc(N3CCOCC3)n2)cc1. The van der Waals surface area contributed by atoms with Gasteiger partial charge in [0.1, 0.15) is 5.82 Å². The minimum atomic E-state index is -0.438. The first-order valence-electron chi connectivity index (χ1n) is 12.2. The summed E-state index contributed by atoms with van der Waals surface area (Å²) in [6, 6.07) is 19.7. The van der Waals surface area contributed by atoms with Crippen molar-refractivity contribution in [1.82, 2.24) is 15.0 Å². The van der Waals surface area contributed by atoms with E-state index >= 15 is 0 Å². The number of nitrogens with one attached hydrogen (secondary N) is 3. The van der Waals surface area contributed by atoms with Gasteiger partial charge in [0.15, 0.2) is 5.82 Å². The van der Waals surface area contributed by atoms with Gasteiger partial charge in [-0.1, -0.05) is 29.8 Å². The van der Waals surface area contributed by atoms with Crippen LogP contribution < -0.4 is 20.9 Å². The van der Waals surface area contributed by atoms with Crippen LogP contribution in [0.25, 0.3) is 12.2 Å². The molecule has 0 radical (unpaired) electrons. The number of hydrogen-bond donors (Lipinski definition) is 3.